The van der Waals surface area contributed by atoms with Gasteiger partial charge in [0, 0.05) is 12.8 Å². The summed E-state index contributed by atoms with van der Waals surface area (Å²) in [6.07, 6.45) is -4.47. The van der Waals surface area contributed by atoms with E-state index in [4.69, 9.17) is 14.0 Å². The van der Waals surface area contributed by atoms with Gasteiger partial charge in [-0.25, -0.2) is 0 Å². The Morgan fingerprint density at radius 2 is 1.84 bits per heavy atom. The zero-order valence-electron chi connectivity index (χ0n) is 16.8. The number of benzene rings is 2. The molecule has 0 aliphatic rings. The van der Waals surface area contributed by atoms with E-state index in [1.165, 1.54) is 0 Å². The third-order valence-corrected chi connectivity index (χ3v) is 4.08. The smallest absolute Gasteiger partial charge is 0.416 e. The van der Waals surface area contributed by atoms with Crippen LogP contribution < -0.4 is 14.8 Å². The van der Waals surface area contributed by atoms with Crippen LogP contribution in [0.25, 0.3) is 0 Å². The highest BCUT2D eigenvalue weighted by atomic mass is 19.4. The van der Waals surface area contributed by atoms with Crippen molar-refractivity contribution in [2.45, 2.75) is 32.9 Å². The predicted octanol–water partition coefficient (Wildman–Crippen LogP) is 5.16. The number of aromatic nitrogens is 2. The third-order valence-electron chi connectivity index (χ3n) is 4.08. The van der Waals surface area contributed by atoms with E-state index in [0.717, 1.165) is 18.2 Å². The molecule has 1 aromatic heterocycles. The van der Waals surface area contributed by atoms with E-state index in [2.05, 4.69) is 15.5 Å². The van der Waals surface area contributed by atoms with Gasteiger partial charge in [-0.1, -0.05) is 5.16 Å². The molecule has 164 valence electrons. The maximum absolute atomic E-state index is 13.2. The second-order valence-corrected chi connectivity index (χ2v) is 6.50. The summed E-state index contributed by atoms with van der Waals surface area (Å²) in [5.74, 6) is 1.25. The van der Waals surface area contributed by atoms with Crippen molar-refractivity contribution in [3.63, 3.8) is 0 Å². The second kappa shape index (κ2) is 9.50. The van der Waals surface area contributed by atoms with Gasteiger partial charge in [0.1, 0.15) is 11.5 Å². The maximum Gasteiger partial charge on any atom is 0.416 e. The lowest BCUT2D eigenvalue weighted by Crippen LogP contribution is -2.14. The van der Waals surface area contributed by atoms with E-state index in [1.807, 2.05) is 6.92 Å². The van der Waals surface area contributed by atoms with Crippen LogP contribution in [0.5, 0.6) is 17.2 Å². The maximum atomic E-state index is 13.2. The molecule has 0 atom stereocenters. The van der Waals surface area contributed by atoms with Crippen LogP contribution >= 0.6 is 0 Å². The van der Waals surface area contributed by atoms with Crippen molar-refractivity contribution in [1.29, 1.82) is 0 Å². The molecule has 2 aromatic carbocycles. The number of carbonyl (C=O) groups is 1. The van der Waals surface area contributed by atoms with Gasteiger partial charge in [-0.15, -0.1) is 0 Å². The molecule has 1 heterocycles. The number of hydrogen-bond acceptors (Lipinski definition) is 6. The predicted molar refractivity (Wildman–Crippen MR) is 105 cm³/mol. The quantitative estimate of drug-likeness (QED) is 0.526. The van der Waals surface area contributed by atoms with Crippen molar-refractivity contribution in [2.24, 2.45) is 0 Å². The minimum absolute atomic E-state index is 0.0552. The lowest BCUT2D eigenvalue weighted by atomic mass is 10.1. The highest BCUT2D eigenvalue weighted by molar-refractivity contribution is 5.92. The van der Waals surface area contributed by atoms with Gasteiger partial charge in [-0.05, 0) is 56.3 Å². The van der Waals surface area contributed by atoms with Crippen molar-refractivity contribution in [3.8, 4) is 17.2 Å². The number of anilines is 1. The Labute approximate surface area is 176 Å². The first-order valence-corrected chi connectivity index (χ1v) is 9.45. The lowest BCUT2D eigenvalue weighted by molar-refractivity contribution is -0.137. The molecule has 1 amide bonds. The Morgan fingerprint density at radius 1 is 1.13 bits per heavy atom. The molecule has 10 heteroatoms. The molecule has 1 N–H and O–H groups in total. The second-order valence-electron chi connectivity index (χ2n) is 6.50. The molecule has 3 aromatic rings. The molecule has 7 nitrogen and oxygen atoms in total. The Balaban J connectivity index is 1.77. The summed E-state index contributed by atoms with van der Waals surface area (Å²) in [6, 6.07) is 9.47. The van der Waals surface area contributed by atoms with Crippen LogP contribution in [0.2, 0.25) is 0 Å². The molecule has 0 saturated carbocycles. The summed E-state index contributed by atoms with van der Waals surface area (Å²) in [7, 11) is 0. The normalized spacial score (nSPS) is 11.3. The zero-order valence-corrected chi connectivity index (χ0v) is 16.8. The topological polar surface area (TPSA) is 86.5 Å². The van der Waals surface area contributed by atoms with E-state index >= 15 is 0 Å². The number of alkyl halides is 3. The number of nitrogens with one attached hydrogen (secondary N) is 1. The van der Waals surface area contributed by atoms with Crippen molar-refractivity contribution in [3.05, 3.63) is 59.7 Å². The molecule has 0 spiro atoms. The van der Waals surface area contributed by atoms with Gasteiger partial charge >= 0.3 is 6.18 Å². The van der Waals surface area contributed by atoms with Crippen LogP contribution in [0.1, 0.15) is 30.6 Å². The number of amides is 1. The van der Waals surface area contributed by atoms with Gasteiger partial charge in [0.2, 0.25) is 11.8 Å². The highest BCUT2D eigenvalue weighted by Crippen LogP contribution is 2.37. The van der Waals surface area contributed by atoms with E-state index < -0.39 is 17.6 Å². The number of ether oxygens (including phenoxy) is 2. The van der Waals surface area contributed by atoms with Crippen LogP contribution in [0.15, 0.2) is 47.0 Å². The van der Waals surface area contributed by atoms with Gasteiger partial charge in [0.25, 0.3) is 0 Å². The SMILES string of the molecule is CCOc1ccc(Oc2ccc(C(F)(F)F)cc2NC(=O)CCc2nc(C)no2)cc1. The molecule has 0 aliphatic heterocycles. The van der Waals surface area contributed by atoms with Gasteiger partial charge in [0.15, 0.2) is 11.6 Å². The largest absolute Gasteiger partial charge is 0.494 e. The fourth-order valence-electron chi connectivity index (χ4n) is 2.67. The number of hydrogen-bond donors (Lipinski definition) is 1. The average Bonchev–Trinajstić information content (AvgIpc) is 3.14. The summed E-state index contributed by atoms with van der Waals surface area (Å²) in [5, 5.41) is 6.10. The molecule has 0 aliphatic carbocycles. The van der Waals surface area contributed by atoms with Crippen LogP contribution in [0, 0.1) is 6.92 Å². The number of aryl methyl sites for hydroxylation is 2. The Kier molecular flexibility index (Phi) is 6.78. The molecule has 0 fully saturated rings. The molecule has 31 heavy (non-hydrogen) atoms. The molecular formula is C21H20F3N3O4. The first-order chi connectivity index (χ1) is 14.7. The summed E-state index contributed by atoms with van der Waals surface area (Å²) < 4.78 is 55.5. The third kappa shape index (κ3) is 6.21. The number of carbonyl (C=O) groups excluding carboxylic acids is 1. The first kappa shape index (κ1) is 22.1. The molecular weight excluding hydrogens is 415 g/mol. The van der Waals surface area contributed by atoms with Crippen LogP contribution in [-0.4, -0.2) is 22.7 Å². The molecule has 3 rings (SSSR count). The van der Waals surface area contributed by atoms with E-state index in [-0.39, 0.29) is 30.2 Å². The van der Waals surface area contributed by atoms with Gasteiger partial charge < -0.3 is 19.3 Å². The number of rotatable bonds is 8. The van der Waals surface area contributed by atoms with Crippen molar-refractivity contribution in [1.82, 2.24) is 10.1 Å². The summed E-state index contributed by atoms with van der Waals surface area (Å²) in [4.78, 5) is 16.3. The van der Waals surface area contributed by atoms with Crippen LogP contribution in [-0.2, 0) is 17.4 Å². The Bertz CT molecular complexity index is 1030. The fraction of sp³-hybridized carbons (Fsp3) is 0.286. The van der Waals surface area contributed by atoms with E-state index in [0.29, 0.717) is 23.9 Å². The Hall–Kier alpha value is -3.56. The standard InChI is InChI=1S/C21H20F3N3O4/c1-3-29-15-5-7-16(8-6-15)30-18-9-4-14(21(22,23)24)12-17(18)26-19(28)10-11-20-25-13(2)27-31-20/h4-9,12H,3,10-11H2,1-2H3,(H,26,28). The van der Waals surface area contributed by atoms with E-state index in [9.17, 15) is 18.0 Å². The van der Waals surface area contributed by atoms with E-state index in [1.54, 1.807) is 31.2 Å². The van der Waals surface area contributed by atoms with Crippen molar-refractivity contribution >= 4 is 11.6 Å². The van der Waals surface area contributed by atoms with Gasteiger partial charge in [-0.2, -0.15) is 18.2 Å². The summed E-state index contributed by atoms with van der Waals surface area (Å²) >= 11 is 0. The van der Waals surface area contributed by atoms with Crippen LogP contribution in [0.4, 0.5) is 18.9 Å². The van der Waals surface area contributed by atoms with Gasteiger partial charge in [-0.3, -0.25) is 4.79 Å². The minimum atomic E-state index is -4.57. The zero-order chi connectivity index (χ0) is 22.4. The molecule has 0 bridgehead atoms. The van der Waals surface area contributed by atoms with Crippen LogP contribution in [0.3, 0.4) is 0 Å². The summed E-state index contributed by atoms with van der Waals surface area (Å²) in [5.41, 5.74) is -1.01. The number of halogens is 3. The van der Waals surface area contributed by atoms with Crippen molar-refractivity contribution in [2.75, 3.05) is 11.9 Å². The van der Waals surface area contributed by atoms with Crippen molar-refractivity contribution < 1.29 is 32.0 Å². The monoisotopic (exact) mass is 435 g/mol. The number of nitrogens with zero attached hydrogens (tertiary/aromatic N) is 2. The average molecular weight is 435 g/mol. The molecule has 0 unspecified atom stereocenters. The summed E-state index contributed by atoms with van der Waals surface area (Å²) in [6.45, 7) is 3.99. The molecule has 0 radical (unpaired) electrons. The van der Waals surface area contributed by atoms with Gasteiger partial charge in [0.05, 0.1) is 17.9 Å². The molecule has 0 saturated heterocycles. The highest BCUT2D eigenvalue weighted by Gasteiger charge is 2.31. The Morgan fingerprint density at radius 3 is 2.45 bits per heavy atom. The lowest BCUT2D eigenvalue weighted by Gasteiger charge is -2.15. The first-order valence-electron chi connectivity index (χ1n) is 9.45. The fourth-order valence-corrected chi connectivity index (χ4v) is 2.67. The minimum Gasteiger partial charge on any atom is -0.494 e.